The van der Waals surface area contributed by atoms with Crippen LogP contribution in [0.5, 0.6) is 5.75 Å². The second-order valence-corrected chi connectivity index (χ2v) is 6.60. The predicted octanol–water partition coefficient (Wildman–Crippen LogP) is 4.21. The van der Waals surface area contributed by atoms with Crippen molar-refractivity contribution in [3.63, 3.8) is 0 Å². The van der Waals surface area contributed by atoms with Gasteiger partial charge in [-0.15, -0.1) is 0 Å². The second-order valence-electron chi connectivity index (χ2n) is 5.79. The van der Waals surface area contributed by atoms with Crippen LogP contribution in [-0.2, 0) is 9.53 Å². The van der Waals surface area contributed by atoms with Crippen LogP contribution in [0, 0.1) is 11.3 Å². The van der Waals surface area contributed by atoms with E-state index < -0.39 is 5.92 Å². The number of nitrogens with zero attached hydrogens (tertiary/aromatic N) is 1. The number of nitriles is 1. The third-order valence-corrected chi connectivity index (χ3v) is 4.81. The molecule has 0 amide bonds. The number of hydrogen-bond acceptors (Lipinski definition) is 5. The first-order chi connectivity index (χ1) is 12.0. The number of carbonyl (C=O) groups excluding carboxylic acids is 1. The molecule has 0 unspecified atom stereocenters. The Kier molecular flexibility index (Phi) is 4.94. The Balaban J connectivity index is 2.18. The topological polar surface area (TPSA) is 85.3 Å². The van der Waals surface area contributed by atoms with Crippen molar-refractivity contribution in [1.29, 1.82) is 5.26 Å². The summed E-state index contributed by atoms with van der Waals surface area (Å²) in [4.78, 5) is 12.5. The Morgan fingerprint density at radius 3 is 2.64 bits per heavy atom. The lowest BCUT2D eigenvalue weighted by atomic mass is 9.77. The first-order valence-corrected chi connectivity index (χ1v) is 8.69. The summed E-state index contributed by atoms with van der Waals surface area (Å²) < 4.78 is 11.0. The van der Waals surface area contributed by atoms with Crippen LogP contribution in [0.15, 0.2) is 34.9 Å². The number of nitrogens with two attached hydrogens (primary N) is 1. The molecular formula is C18H16Cl2N2O3. The number of ether oxygens (including phenoxy) is 2. The summed E-state index contributed by atoms with van der Waals surface area (Å²) in [5.41, 5.74) is 7.19. The highest BCUT2D eigenvalue weighted by Crippen LogP contribution is 2.46. The van der Waals surface area contributed by atoms with E-state index in [0.717, 1.165) is 0 Å². The third-order valence-electron chi connectivity index (χ3n) is 4.25. The Hall–Kier alpha value is -2.16. The minimum atomic E-state index is -0.632. The molecule has 0 saturated carbocycles. The minimum absolute atomic E-state index is 0.0158. The number of allylic oxidation sites excluding steroid dienone is 3. The van der Waals surface area contributed by atoms with Crippen LogP contribution in [0.4, 0.5) is 0 Å². The molecule has 2 N–H and O–H groups in total. The first kappa shape index (κ1) is 17.7. The van der Waals surface area contributed by atoms with Crippen molar-refractivity contribution in [2.24, 2.45) is 5.73 Å². The van der Waals surface area contributed by atoms with Gasteiger partial charge in [0.25, 0.3) is 0 Å². The van der Waals surface area contributed by atoms with Gasteiger partial charge in [0, 0.05) is 18.4 Å². The maximum absolute atomic E-state index is 12.5. The molecule has 25 heavy (non-hydrogen) atoms. The van der Waals surface area contributed by atoms with Gasteiger partial charge < -0.3 is 15.2 Å². The number of rotatable bonds is 3. The average molecular weight is 379 g/mol. The van der Waals surface area contributed by atoms with Crippen LogP contribution < -0.4 is 10.5 Å². The summed E-state index contributed by atoms with van der Waals surface area (Å²) in [6.45, 7) is 2.24. The predicted molar refractivity (Wildman–Crippen MR) is 94.2 cm³/mol. The van der Waals surface area contributed by atoms with E-state index >= 15 is 0 Å². The van der Waals surface area contributed by atoms with Crippen LogP contribution in [-0.4, -0.2) is 12.4 Å². The van der Waals surface area contributed by atoms with Gasteiger partial charge in [0.1, 0.15) is 17.4 Å². The molecule has 1 aliphatic heterocycles. The molecule has 3 rings (SSSR count). The van der Waals surface area contributed by atoms with Crippen molar-refractivity contribution in [2.45, 2.75) is 32.1 Å². The molecule has 130 valence electrons. The van der Waals surface area contributed by atoms with Gasteiger partial charge in [-0.1, -0.05) is 23.2 Å². The largest absolute Gasteiger partial charge is 0.491 e. The van der Waals surface area contributed by atoms with E-state index in [1.165, 1.54) is 0 Å². The lowest BCUT2D eigenvalue weighted by molar-refractivity contribution is -0.116. The molecule has 2 aliphatic rings. The number of benzene rings is 1. The molecule has 1 aromatic rings. The van der Waals surface area contributed by atoms with E-state index in [1.54, 1.807) is 12.1 Å². The minimum Gasteiger partial charge on any atom is -0.491 e. The number of ketones is 1. The number of carbonyl (C=O) groups is 1. The molecule has 1 aliphatic carbocycles. The zero-order chi connectivity index (χ0) is 18.1. The fourth-order valence-corrected chi connectivity index (χ4v) is 3.83. The molecule has 7 heteroatoms. The summed E-state index contributed by atoms with van der Waals surface area (Å²) >= 11 is 12.6. The Morgan fingerprint density at radius 2 is 2.04 bits per heavy atom. The molecule has 0 radical (unpaired) electrons. The standard InChI is InChI=1S/C18H16Cl2N2O3/c1-2-24-17-11(19)6-9(7-12(17)20)15-10(8-21)18(22)25-14-5-3-4-13(23)16(14)15/h6-7,15H,2-5,22H2,1H3/t15-/m1/s1. The van der Waals surface area contributed by atoms with E-state index in [-0.39, 0.29) is 17.2 Å². The van der Waals surface area contributed by atoms with Crippen molar-refractivity contribution in [3.8, 4) is 11.8 Å². The van der Waals surface area contributed by atoms with Crippen molar-refractivity contribution >= 4 is 29.0 Å². The maximum Gasteiger partial charge on any atom is 0.205 e. The summed E-state index contributed by atoms with van der Waals surface area (Å²) in [5.74, 6) is 0.238. The summed E-state index contributed by atoms with van der Waals surface area (Å²) in [7, 11) is 0. The van der Waals surface area contributed by atoms with Crippen molar-refractivity contribution < 1.29 is 14.3 Å². The smallest absolute Gasteiger partial charge is 0.205 e. The average Bonchev–Trinajstić information content (AvgIpc) is 2.57. The third kappa shape index (κ3) is 3.08. The van der Waals surface area contributed by atoms with Crippen LogP contribution in [0.25, 0.3) is 0 Å². The molecule has 0 bridgehead atoms. The fraction of sp³-hybridized carbons (Fsp3) is 0.333. The molecule has 1 heterocycles. The summed E-state index contributed by atoms with van der Waals surface area (Å²) in [5, 5.41) is 10.2. The molecule has 1 atom stereocenters. The Morgan fingerprint density at radius 1 is 1.36 bits per heavy atom. The highest BCUT2D eigenvalue weighted by Gasteiger charge is 2.38. The molecule has 0 fully saturated rings. The van der Waals surface area contributed by atoms with Crippen molar-refractivity contribution in [2.75, 3.05) is 6.61 Å². The zero-order valence-corrected chi connectivity index (χ0v) is 15.1. The SMILES string of the molecule is CCOc1c(Cl)cc([C@@H]2C(C#N)=C(N)OC3=C2C(=O)CCC3)cc1Cl. The highest BCUT2D eigenvalue weighted by molar-refractivity contribution is 6.37. The molecular weight excluding hydrogens is 363 g/mol. The van der Waals surface area contributed by atoms with E-state index in [2.05, 4.69) is 6.07 Å². The lowest BCUT2D eigenvalue weighted by Gasteiger charge is -2.31. The van der Waals surface area contributed by atoms with Gasteiger partial charge in [0.2, 0.25) is 5.88 Å². The Bertz CT molecular complexity index is 829. The zero-order valence-electron chi connectivity index (χ0n) is 13.6. The van der Waals surface area contributed by atoms with Gasteiger partial charge in [-0.25, -0.2) is 0 Å². The van der Waals surface area contributed by atoms with Gasteiger partial charge >= 0.3 is 0 Å². The normalized spacial score (nSPS) is 20.1. The van der Waals surface area contributed by atoms with Crippen molar-refractivity contribution in [1.82, 2.24) is 0 Å². The maximum atomic E-state index is 12.5. The van der Waals surface area contributed by atoms with Crippen LogP contribution in [0.1, 0.15) is 37.7 Å². The highest BCUT2D eigenvalue weighted by atomic mass is 35.5. The molecule has 0 aromatic heterocycles. The van der Waals surface area contributed by atoms with Crippen LogP contribution >= 0.6 is 23.2 Å². The number of halogens is 2. The molecule has 0 saturated heterocycles. The van der Waals surface area contributed by atoms with E-state index in [0.29, 0.717) is 58.6 Å². The number of Topliss-reactive ketones (excluding diaryl/α,β-unsaturated/α-hetero) is 1. The van der Waals surface area contributed by atoms with Crippen LogP contribution in [0.2, 0.25) is 10.0 Å². The first-order valence-electron chi connectivity index (χ1n) is 7.93. The monoisotopic (exact) mass is 378 g/mol. The fourth-order valence-electron chi connectivity index (χ4n) is 3.22. The molecule has 1 aromatic carbocycles. The lowest BCUT2D eigenvalue weighted by Crippen LogP contribution is -2.27. The Labute approximate surface area is 155 Å². The number of hydrogen-bond donors (Lipinski definition) is 1. The van der Waals surface area contributed by atoms with E-state index in [4.69, 9.17) is 38.4 Å². The van der Waals surface area contributed by atoms with Gasteiger partial charge in [-0.05, 0) is 31.0 Å². The second kappa shape index (κ2) is 6.99. The van der Waals surface area contributed by atoms with Gasteiger partial charge in [-0.3, -0.25) is 4.79 Å². The van der Waals surface area contributed by atoms with E-state index in [1.807, 2.05) is 6.92 Å². The van der Waals surface area contributed by atoms with Gasteiger partial charge in [0.05, 0.1) is 22.6 Å². The summed E-state index contributed by atoms with van der Waals surface area (Å²) in [6.07, 6.45) is 1.72. The molecule has 0 spiro atoms. The van der Waals surface area contributed by atoms with Gasteiger partial charge in [0.15, 0.2) is 11.5 Å². The van der Waals surface area contributed by atoms with Crippen molar-refractivity contribution in [3.05, 3.63) is 50.5 Å². The van der Waals surface area contributed by atoms with Gasteiger partial charge in [-0.2, -0.15) is 5.26 Å². The molecule has 5 nitrogen and oxygen atoms in total. The van der Waals surface area contributed by atoms with E-state index in [9.17, 15) is 10.1 Å². The van der Waals surface area contributed by atoms with Crippen LogP contribution in [0.3, 0.4) is 0 Å². The quantitative estimate of drug-likeness (QED) is 0.851. The summed E-state index contributed by atoms with van der Waals surface area (Å²) in [6, 6.07) is 5.38.